The highest BCUT2D eigenvalue weighted by Gasteiger charge is 2.45. The van der Waals surface area contributed by atoms with Gasteiger partial charge in [0.15, 0.2) is 11.5 Å². The van der Waals surface area contributed by atoms with Crippen LogP contribution in [-0.4, -0.2) is 37.4 Å². The van der Waals surface area contributed by atoms with E-state index in [-0.39, 0.29) is 17.5 Å². The third kappa shape index (κ3) is 3.17. The number of hydrogen-bond acceptors (Lipinski definition) is 4. The molecular formula is C16H22F2N2O2. The van der Waals surface area contributed by atoms with E-state index < -0.39 is 6.29 Å². The van der Waals surface area contributed by atoms with E-state index in [4.69, 9.17) is 4.74 Å². The summed E-state index contributed by atoms with van der Waals surface area (Å²) in [6, 6.07) is 5.23. The Morgan fingerprint density at radius 3 is 2.64 bits per heavy atom. The Morgan fingerprint density at radius 2 is 1.95 bits per heavy atom. The van der Waals surface area contributed by atoms with Gasteiger partial charge in [-0.3, -0.25) is 4.90 Å². The summed E-state index contributed by atoms with van der Waals surface area (Å²) in [4.78, 5) is 2.34. The zero-order valence-electron chi connectivity index (χ0n) is 12.9. The molecule has 6 heteroatoms. The molecule has 1 N–H and O–H groups in total. The molecule has 1 saturated heterocycles. The second kappa shape index (κ2) is 6.01. The van der Waals surface area contributed by atoms with Crippen molar-refractivity contribution in [3.63, 3.8) is 0 Å². The smallest absolute Gasteiger partial charge is 0.395 e. The number of nitrogens with one attached hydrogen (secondary N) is 1. The number of fused-ring (bicyclic) bond motifs is 1. The van der Waals surface area contributed by atoms with Crippen LogP contribution in [0, 0.1) is 5.92 Å². The minimum absolute atomic E-state index is 0.0644. The lowest BCUT2D eigenvalue weighted by atomic mass is 9.94. The van der Waals surface area contributed by atoms with Crippen LogP contribution in [-0.2, 0) is 0 Å². The monoisotopic (exact) mass is 312 g/mol. The van der Waals surface area contributed by atoms with Gasteiger partial charge >= 0.3 is 6.29 Å². The lowest BCUT2D eigenvalue weighted by molar-refractivity contribution is -0.287. The van der Waals surface area contributed by atoms with Crippen molar-refractivity contribution < 1.29 is 18.3 Å². The molecular weight excluding hydrogens is 290 g/mol. The van der Waals surface area contributed by atoms with Crippen LogP contribution < -0.4 is 14.8 Å². The quantitative estimate of drug-likeness (QED) is 0.927. The molecule has 0 aromatic heterocycles. The molecule has 0 unspecified atom stereocenters. The van der Waals surface area contributed by atoms with Gasteiger partial charge in [0.2, 0.25) is 0 Å². The summed E-state index contributed by atoms with van der Waals surface area (Å²) in [5, 5.41) is 3.32. The number of halogens is 2. The first-order valence-electron chi connectivity index (χ1n) is 7.80. The van der Waals surface area contributed by atoms with Gasteiger partial charge in [-0.1, -0.05) is 26.0 Å². The predicted octanol–water partition coefficient (Wildman–Crippen LogP) is 3.00. The van der Waals surface area contributed by atoms with Gasteiger partial charge in [0.05, 0.1) is 0 Å². The van der Waals surface area contributed by atoms with E-state index >= 15 is 0 Å². The normalized spacial score (nSPS) is 22.0. The second-order valence-electron chi connectivity index (χ2n) is 6.27. The van der Waals surface area contributed by atoms with Crippen LogP contribution in [0.15, 0.2) is 18.2 Å². The molecule has 2 heterocycles. The molecule has 1 atom stereocenters. The van der Waals surface area contributed by atoms with Gasteiger partial charge in [-0.2, -0.15) is 0 Å². The highest BCUT2D eigenvalue weighted by molar-refractivity contribution is 5.50. The SMILES string of the molecule is CC(C)C[C@H](c1cccc2c1OC(F)(F)O2)N1CCNCC1. The maximum absolute atomic E-state index is 13.4. The molecule has 0 bridgehead atoms. The third-order valence-electron chi connectivity index (χ3n) is 4.11. The zero-order chi connectivity index (χ0) is 15.7. The molecule has 0 amide bonds. The van der Waals surface area contributed by atoms with Gasteiger partial charge in [-0.05, 0) is 18.4 Å². The van der Waals surface area contributed by atoms with Gasteiger partial charge in [-0.25, -0.2) is 0 Å². The Balaban J connectivity index is 1.93. The number of rotatable bonds is 4. The lowest BCUT2D eigenvalue weighted by Crippen LogP contribution is -2.45. The Labute approximate surface area is 129 Å². The average Bonchev–Trinajstić information content (AvgIpc) is 2.79. The van der Waals surface area contributed by atoms with Crippen LogP contribution in [0.25, 0.3) is 0 Å². The third-order valence-corrected chi connectivity index (χ3v) is 4.11. The fourth-order valence-electron chi connectivity index (χ4n) is 3.17. The summed E-state index contributed by atoms with van der Waals surface area (Å²) < 4.78 is 36.2. The van der Waals surface area contributed by atoms with Crippen LogP contribution in [0.4, 0.5) is 8.78 Å². The first-order valence-corrected chi connectivity index (χ1v) is 7.80. The van der Waals surface area contributed by atoms with Crippen molar-refractivity contribution >= 4 is 0 Å². The minimum atomic E-state index is -3.57. The molecule has 0 saturated carbocycles. The van der Waals surface area contributed by atoms with Crippen LogP contribution in [0.5, 0.6) is 11.5 Å². The Kier molecular flexibility index (Phi) is 4.23. The Morgan fingerprint density at radius 1 is 1.23 bits per heavy atom. The summed E-state index contributed by atoms with van der Waals surface area (Å²) in [6.45, 7) is 7.92. The predicted molar refractivity (Wildman–Crippen MR) is 79.3 cm³/mol. The highest BCUT2D eigenvalue weighted by atomic mass is 19.3. The molecule has 0 aliphatic carbocycles. The zero-order valence-corrected chi connectivity index (χ0v) is 12.9. The number of benzene rings is 1. The van der Waals surface area contributed by atoms with Gasteiger partial charge in [0.25, 0.3) is 0 Å². The van der Waals surface area contributed by atoms with E-state index in [1.807, 2.05) is 6.07 Å². The number of piperazine rings is 1. The molecule has 0 spiro atoms. The molecule has 2 aliphatic heterocycles. The molecule has 0 radical (unpaired) electrons. The summed E-state index contributed by atoms with van der Waals surface area (Å²) in [5.41, 5.74) is 0.797. The number of ether oxygens (including phenoxy) is 2. The number of para-hydroxylation sites is 1. The maximum atomic E-state index is 13.4. The van der Waals surface area contributed by atoms with Gasteiger partial charge < -0.3 is 14.8 Å². The van der Waals surface area contributed by atoms with Gasteiger partial charge in [0.1, 0.15) is 0 Å². The van der Waals surface area contributed by atoms with E-state index in [1.165, 1.54) is 6.07 Å². The van der Waals surface area contributed by atoms with Gasteiger partial charge in [0, 0.05) is 37.8 Å². The number of alkyl halides is 2. The van der Waals surface area contributed by atoms with E-state index in [0.717, 1.165) is 38.2 Å². The maximum Gasteiger partial charge on any atom is 0.586 e. The van der Waals surface area contributed by atoms with Crippen molar-refractivity contribution in [3.05, 3.63) is 23.8 Å². The van der Waals surface area contributed by atoms with Crippen LogP contribution >= 0.6 is 0 Å². The standard InChI is InChI=1S/C16H22F2N2O2/c1-11(2)10-13(20-8-6-19-7-9-20)12-4-3-5-14-15(12)22-16(17,18)21-14/h3-5,11,13,19H,6-10H2,1-2H3/t13-/m1/s1. The van der Waals surface area contributed by atoms with Crippen molar-refractivity contribution in [2.45, 2.75) is 32.6 Å². The van der Waals surface area contributed by atoms with E-state index in [2.05, 4.69) is 28.8 Å². The largest absolute Gasteiger partial charge is 0.586 e. The van der Waals surface area contributed by atoms with E-state index in [9.17, 15) is 8.78 Å². The topological polar surface area (TPSA) is 33.7 Å². The molecule has 2 aliphatic rings. The van der Waals surface area contributed by atoms with Crippen molar-refractivity contribution in [2.75, 3.05) is 26.2 Å². The Bertz CT molecular complexity index is 531. The van der Waals surface area contributed by atoms with Crippen molar-refractivity contribution in [3.8, 4) is 11.5 Å². The van der Waals surface area contributed by atoms with Crippen molar-refractivity contribution in [1.82, 2.24) is 10.2 Å². The first-order chi connectivity index (χ1) is 10.5. The summed E-state index contributed by atoms with van der Waals surface area (Å²) in [7, 11) is 0. The average molecular weight is 312 g/mol. The summed E-state index contributed by atoms with van der Waals surface area (Å²) in [6.07, 6.45) is -2.67. The lowest BCUT2D eigenvalue weighted by Gasteiger charge is -2.36. The van der Waals surface area contributed by atoms with Crippen LogP contribution in [0.3, 0.4) is 0 Å². The molecule has 3 rings (SSSR count). The van der Waals surface area contributed by atoms with Crippen molar-refractivity contribution in [2.24, 2.45) is 5.92 Å². The molecule has 122 valence electrons. The van der Waals surface area contributed by atoms with Gasteiger partial charge in [-0.15, -0.1) is 8.78 Å². The minimum Gasteiger partial charge on any atom is -0.395 e. The van der Waals surface area contributed by atoms with Crippen molar-refractivity contribution in [1.29, 1.82) is 0 Å². The fraction of sp³-hybridized carbons (Fsp3) is 0.625. The Hall–Kier alpha value is -1.40. The fourth-order valence-corrected chi connectivity index (χ4v) is 3.17. The summed E-state index contributed by atoms with van der Waals surface area (Å²) >= 11 is 0. The highest BCUT2D eigenvalue weighted by Crippen LogP contribution is 2.47. The number of nitrogens with zero attached hydrogens (tertiary/aromatic N) is 1. The second-order valence-corrected chi connectivity index (χ2v) is 6.27. The van der Waals surface area contributed by atoms with Crippen LogP contribution in [0.2, 0.25) is 0 Å². The molecule has 1 aromatic rings. The van der Waals surface area contributed by atoms with Crippen LogP contribution in [0.1, 0.15) is 31.9 Å². The number of hydrogen-bond donors (Lipinski definition) is 1. The van der Waals surface area contributed by atoms with E-state index in [1.54, 1.807) is 6.07 Å². The molecule has 4 nitrogen and oxygen atoms in total. The summed E-state index contributed by atoms with van der Waals surface area (Å²) in [5.74, 6) is 0.779. The first kappa shape index (κ1) is 15.5. The molecule has 1 fully saturated rings. The van der Waals surface area contributed by atoms with E-state index in [0.29, 0.717) is 5.92 Å². The molecule has 1 aromatic carbocycles. The molecule has 22 heavy (non-hydrogen) atoms.